The van der Waals surface area contributed by atoms with Gasteiger partial charge in [0.2, 0.25) is 0 Å². The average Bonchev–Trinajstić information content (AvgIpc) is 3.81. The van der Waals surface area contributed by atoms with Crippen LogP contribution in [0.5, 0.6) is 0 Å². The first-order valence-electron chi connectivity index (χ1n) is 18.2. The molecule has 254 valence electrons. The molecule has 1 atom stereocenters. The minimum absolute atomic E-state index is 0.401. The maximum Gasteiger partial charge on any atom is 0.160 e. The van der Waals surface area contributed by atoms with Gasteiger partial charge >= 0.3 is 0 Å². The fourth-order valence-corrected chi connectivity index (χ4v) is 7.84. The van der Waals surface area contributed by atoms with E-state index >= 15 is 0 Å². The van der Waals surface area contributed by atoms with Gasteiger partial charge in [0.15, 0.2) is 5.84 Å². The second kappa shape index (κ2) is 12.2. The van der Waals surface area contributed by atoms with Crippen LogP contribution in [0, 0.1) is 0 Å². The molecule has 8 aromatic carbocycles. The number of aliphatic imine (C=N–C) groups is 2. The lowest BCUT2D eigenvalue weighted by Gasteiger charge is -2.24. The summed E-state index contributed by atoms with van der Waals surface area (Å²) in [4.78, 5) is 10.6. The first kappa shape index (κ1) is 30.4. The fourth-order valence-electron chi connectivity index (χ4n) is 7.84. The molecule has 0 fully saturated rings. The number of amidine groups is 2. The third-order valence-electron chi connectivity index (χ3n) is 10.5. The fraction of sp³-hybridized carbons (Fsp3) is 0.0204. The SMILES string of the molecule is c1ccc(-c2cccc(-c3ccc4oc5cccc(C6=NC(c7ccc8oc9ccccc9c8c7)NC(c7ccc8ccccc8c7)=N6)c5c4c3)c2)cc1. The van der Waals surface area contributed by atoms with E-state index in [0.717, 1.165) is 82.9 Å². The predicted molar refractivity (Wildman–Crippen MR) is 221 cm³/mol. The summed E-state index contributed by atoms with van der Waals surface area (Å²) >= 11 is 0. The van der Waals surface area contributed by atoms with Crippen molar-refractivity contribution in [2.75, 3.05) is 0 Å². The zero-order chi connectivity index (χ0) is 35.6. The molecule has 0 amide bonds. The maximum atomic E-state index is 6.49. The van der Waals surface area contributed by atoms with Crippen molar-refractivity contribution < 1.29 is 8.83 Å². The van der Waals surface area contributed by atoms with Crippen molar-refractivity contribution in [2.45, 2.75) is 6.17 Å². The molecule has 0 bridgehead atoms. The van der Waals surface area contributed by atoms with Gasteiger partial charge < -0.3 is 14.2 Å². The second-order valence-electron chi connectivity index (χ2n) is 13.8. The number of benzene rings is 8. The monoisotopic (exact) mass is 693 g/mol. The van der Waals surface area contributed by atoms with Gasteiger partial charge in [-0.2, -0.15) is 0 Å². The molecule has 1 unspecified atom stereocenters. The zero-order valence-electron chi connectivity index (χ0n) is 29.0. The lowest BCUT2D eigenvalue weighted by molar-refractivity contribution is 0.663. The van der Waals surface area contributed by atoms with Crippen molar-refractivity contribution in [2.24, 2.45) is 9.98 Å². The number of hydrogen-bond acceptors (Lipinski definition) is 5. The number of fused-ring (bicyclic) bond motifs is 7. The molecule has 1 aliphatic heterocycles. The van der Waals surface area contributed by atoms with Crippen molar-refractivity contribution >= 4 is 66.3 Å². The van der Waals surface area contributed by atoms with Crippen LogP contribution in [0.1, 0.15) is 22.9 Å². The Morgan fingerprint density at radius 3 is 2.02 bits per heavy atom. The molecule has 0 saturated heterocycles. The van der Waals surface area contributed by atoms with Crippen LogP contribution >= 0.6 is 0 Å². The van der Waals surface area contributed by atoms with E-state index < -0.39 is 6.17 Å². The van der Waals surface area contributed by atoms with Crippen LogP contribution in [-0.4, -0.2) is 11.7 Å². The smallest absolute Gasteiger partial charge is 0.160 e. The Morgan fingerprint density at radius 2 is 1.09 bits per heavy atom. The number of rotatable bonds is 5. The molecule has 11 rings (SSSR count). The number of hydrogen-bond donors (Lipinski definition) is 1. The van der Waals surface area contributed by atoms with Gasteiger partial charge in [-0.1, -0.05) is 127 Å². The molecular weight excluding hydrogens is 663 g/mol. The highest BCUT2D eigenvalue weighted by Crippen LogP contribution is 2.37. The van der Waals surface area contributed by atoms with Gasteiger partial charge in [-0.15, -0.1) is 0 Å². The van der Waals surface area contributed by atoms with Gasteiger partial charge in [0.1, 0.15) is 34.3 Å². The van der Waals surface area contributed by atoms with Crippen molar-refractivity contribution in [1.82, 2.24) is 5.32 Å². The Hall–Kier alpha value is -7.24. The van der Waals surface area contributed by atoms with E-state index in [1.165, 1.54) is 16.5 Å². The van der Waals surface area contributed by atoms with Gasteiger partial charge in [0.25, 0.3) is 0 Å². The third-order valence-corrected chi connectivity index (χ3v) is 10.5. The highest BCUT2D eigenvalue weighted by atomic mass is 16.3. The number of para-hydroxylation sites is 1. The maximum absolute atomic E-state index is 6.49. The molecule has 2 aromatic heterocycles. The van der Waals surface area contributed by atoms with Gasteiger partial charge in [-0.25, -0.2) is 9.98 Å². The summed E-state index contributed by atoms with van der Waals surface area (Å²) in [7, 11) is 0. The van der Waals surface area contributed by atoms with E-state index in [1.807, 2.05) is 42.5 Å². The Kier molecular flexibility index (Phi) is 6.85. The molecule has 54 heavy (non-hydrogen) atoms. The molecule has 0 aliphatic carbocycles. The molecular formula is C49H31N3O2. The van der Waals surface area contributed by atoms with Crippen LogP contribution in [-0.2, 0) is 0 Å². The summed E-state index contributed by atoms with van der Waals surface area (Å²) < 4.78 is 12.7. The molecule has 10 aromatic rings. The highest BCUT2D eigenvalue weighted by Gasteiger charge is 2.25. The summed E-state index contributed by atoms with van der Waals surface area (Å²) in [5.74, 6) is 1.40. The highest BCUT2D eigenvalue weighted by molar-refractivity contribution is 6.22. The lowest BCUT2D eigenvalue weighted by Crippen LogP contribution is -2.33. The van der Waals surface area contributed by atoms with Crippen LogP contribution < -0.4 is 5.32 Å². The Labute approximate surface area is 310 Å². The molecule has 0 radical (unpaired) electrons. The van der Waals surface area contributed by atoms with E-state index in [-0.39, 0.29) is 0 Å². The van der Waals surface area contributed by atoms with Crippen molar-refractivity contribution in [3.63, 3.8) is 0 Å². The van der Waals surface area contributed by atoms with Crippen molar-refractivity contribution in [3.8, 4) is 22.3 Å². The summed E-state index contributed by atoms with van der Waals surface area (Å²) in [6.07, 6.45) is -0.401. The number of furan rings is 2. The topological polar surface area (TPSA) is 63.0 Å². The molecule has 5 heteroatoms. The standard InChI is InChI=1S/C49H31N3O2/c1-2-10-30(11-3-1)33-14-8-15-34(26-33)35-22-24-44-41(28-35)46-39(17-9-19-45(46)54-44)49-51-47(36-21-20-31-12-4-5-13-32(31)27-36)50-48(52-49)37-23-25-43-40(29-37)38-16-6-7-18-42(38)53-43/h1-29,48H,(H,50,51,52). The van der Waals surface area contributed by atoms with Crippen LogP contribution in [0.3, 0.4) is 0 Å². The summed E-state index contributed by atoms with van der Waals surface area (Å²) in [5.41, 5.74) is 10.9. The molecule has 3 heterocycles. The average molecular weight is 694 g/mol. The number of nitrogens with zero attached hydrogens (tertiary/aromatic N) is 2. The van der Waals surface area contributed by atoms with Gasteiger partial charge in [0, 0.05) is 32.7 Å². The van der Waals surface area contributed by atoms with Gasteiger partial charge in [-0.3, -0.25) is 0 Å². The first-order valence-corrected chi connectivity index (χ1v) is 18.2. The molecule has 0 saturated carbocycles. The summed E-state index contributed by atoms with van der Waals surface area (Å²) in [6.45, 7) is 0. The lowest BCUT2D eigenvalue weighted by atomic mass is 9.97. The van der Waals surface area contributed by atoms with Crippen LogP contribution in [0.2, 0.25) is 0 Å². The Morgan fingerprint density at radius 1 is 0.426 bits per heavy atom. The summed E-state index contributed by atoms with van der Waals surface area (Å²) in [6, 6.07) is 61.2. The zero-order valence-corrected chi connectivity index (χ0v) is 29.0. The van der Waals surface area contributed by atoms with E-state index in [4.69, 9.17) is 18.8 Å². The van der Waals surface area contributed by atoms with Crippen molar-refractivity contribution in [1.29, 1.82) is 0 Å². The molecule has 1 aliphatic rings. The minimum Gasteiger partial charge on any atom is -0.456 e. The first-order chi connectivity index (χ1) is 26.7. The van der Waals surface area contributed by atoms with Crippen molar-refractivity contribution in [3.05, 3.63) is 193 Å². The molecule has 0 spiro atoms. The minimum atomic E-state index is -0.401. The van der Waals surface area contributed by atoms with Crippen LogP contribution in [0.4, 0.5) is 0 Å². The largest absolute Gasteiger partial charge is 0.456 e. The third kappa shape index (κ3) is 5.09. The summed E-state index contributed by atoms with van der Waals surface area (Å²) in [5, 5.41) is 10.2. The van der Waals surface area contributed by atoms with E-state index in [2.05, 4.69) is 139 Å². The van der Waals surface area contributed by atoms with Gasteiger partial charge in [-0.05, 0) is 87.1 Å². The normalized spacial score (nSPS) is 14.5. The van der Waals surface area contributed by atoms with E-state index in [1.54, 1.807) is 0 Å². The van der Waals surface area contributed by atoms with Gasteiger partial charge in [0.05, 0.1) is 0 Å². The number of nitrogens with one attached hydrogen (secondary N) is 1. The van der Waals surface area contributed by atoms with Crippen LogP contribution in [0.15, 0.2) is 195 Å². The Bertz CT molecular complexity index is 3150. The van der Waals surface area contributed by atoms with E-state index in [0.29, 0.717) is 5.84 Å². The quantitative estimate of drug-likeness (QED) is 0.195. The second-order valence-corrected chi connectivity index (χ2v) is 13.8. The Balaban J connectivity index is 1.08. The molecule has 5 nitrogen and oxygen atoms in total. The predicted octanol–water partition coefficient (Wildman–Crippen LogP) is 12.5. The van der Waals surface area contributed by atoms with Crippen LogP contribution in [0.25, 0.3) is 76.9 Å². The van der Waals surface area contributed by atoms with E-state index in [9.17, 15) is 0 Å². The molecule has 1 N–H and O–H groups in total.